The molecule has 6 heteroatoms. The van der Waals surface area contributed by atoms with Crippen molar-refractivity contribution in [2.75, 3.05) is 13.2 Å². The molecule has 0 rings (SSSR count). The van der Waals surface area contributed by atoms with Crippen LogP contribution in [0.25, 0.3) is 0 Å². The molecule has 0 aromatic heterocycles. The fourth-order valence-electron chi connectivity index (χ4n) is 7.15. The fourth-order valence-corrected chi connectivity index (χ4v) is 7.15. The molecule has 1 atom stereocenters. The molecule has 0 aliphatic rings. The first-order valence-corrected chi connectivity index (χ1v) is 26.0. The number of hydrogen-bond acceptors (Lipinski definition) is 6. The van der Waals surface area contributed by atoms with Crippen molar-refractivity contribution in [3.05, 3.63) is 72.9 Å². The Morgan fingerprint density at radius 2 is 0.726 bits per heavy atom. The molecular formula is C56H96O6. The van der Waals surface area contributed by atoms with Crippen LogP contribution in [-0.2, 0) is 28.6 Å². The minimum atomic E-state index is -0.815. The van der Waals surface area contributed by atoms with Gasteiger partial charge >= 0.3 is 17.9 Å². The smallest absolute Gasteiger partial charge is 0.306 e. The Morgan fingerprint density at radius 3 is 1.23 bits per heavy atom. The Labute approximate surface area is 382 Å². The highest BCUT2D eigenvalue weighted by atomic mass is 16.6. The molecule has 0 aromatic carbocycles. The van der Waals surface area contributed by atoms with Crippen molar-refractivity contribution in [2.24, 2.45) is 0 Å². The Balaban J connectivity index is 4.43. The van der Waals surface area contributed by atoms with Crippen LogP contribution in [0.1, 0.15) is 245 Å². The first kappa shape index (κ1) is 58.9. The number of unbranched alkanes of at least 4 members (excludes halogenated alkanes) is 26. The fraction of sp³-hybridized carbons (Fsp3) is 0.732. The third-order valence-electron chi connectivity index (χ3n) is 11.1. The van der Waals surface area contributed by atoms with Gasteiger partial charge in [-0.25, -0.2) is 0 Å². The van der Waals surface area contributed by atoms with Gasteiger partial charge in [-0.05, 0) is 57.8 Å². The lowest BCUT2D eigenvalue weighted by atomic mass is 10.0. The summed E-state index contributed by atoms with van der Waals surface area (Å²) < 4.78 is 16.7. The number of rotatable bonds is 46. The van der Waals surface area contributed by atoms with Gasteiger partial charge in [-0.2, -0.15) is 0 Å². The van der Waals surface area contributed by atoms with Gasteiger partial charge in [0.1, 0.15) is 13.2 Å². The second-order valence-corrected chi connectivity index (χ2v) is 17.1. The molecule has 0 spiro atoms. The standard InChI is InChI=1S/C56H96O6/c1-4-7-10-13-16-19-22-25-26-27-28-29-32-34-37-40-43-46-49-55(58)61-52-53(62-56(59)50-47-44-41-38-35-31-24-21-18-15-12-9-6-3)51-60-54(57)48-45-42-39-36-33-30-23-20-17-14-11-8-5-2/h9,12,15,18,21,24,30-31,33,35,39,42,53H,4-8,10-11,13-14,16-17,19-20,22-23,25-29,32,34,36-38,40-41,43-52H2,1-3H3/b12-9-,18-15-,24-21-,33-30-,35-31-,42-39-. The molecular weight excluding hydrogens is 769 g/mol. The zero-order chi connectivity index (χ0) is 45.1. The highest BCUT2D eigenvalue weighted by Crippen LogP contribution is 2.15. The average Bonchev–Trinajstić information content (AvgIpc) is 3.27. The first-order valence-electron chi connectivity index (χ1n) is 26.0. The van der Waals surface area contributed by atoms with E-state index in [2.05, 4.69) is 51.2 Å². The summed E-state index contributed by atoms with van der Waals surface area (Å²) >= 11 is 0. The van der Waals surface area contributed by atoms with Crippen molar-refractivity contribution in [3.8, 4) is 0 Å². The molecule has 6 nitrogen and oxygen atoms in total. The lowest BCUT2D eigenvalue weighted by Crippen LogP contribution is -2.30. The molecule has 0 amide bonds. The number of hydrogen-bond donors (Lipinski definition) is 0. The van der Waals surface area contributed by atoms with Gasteiger partial charge in [-0.1, -0.05) is 241 Å². The maximum absolute atomic E-state index is 12.8. The van der Waals surface area contributed by atoms with Crippen LogP contribution in [0.4, 0.5) is 0 Å². The van der Waals surface area contributed by atoms with E-state index in [4.69, 9.17) is 14.2 Å². The average molecular weight is 865 g/mol. The van der Waals surface area contributed by atoms with Crippen molar-refractivity contribution in [3.63, 3.8) is 0 Å². The van der Waals surface area contributed by atoms with Crippen LogP contribution in [0.2, 0.25) is 0 Å². The molecule has 0 aliphatic heterocycles. The Morgan fingerprint density at radius 1 is 0.355 bits per heavy atom. The molecule has 0 saturated carbocycles. The van der Waals surface area contributed by atoms with Crippen LogP contribution in [-0.4, -0.2) is 37.2 Å². The van der Waals surface area contributed by atoms with Gasteiger partial charge in [0, 0.05) is 19.3 Å². The summed E-state index contributed by atoms with van der Waals surface area (Å²) in [4.78, 5) is 37.9. The zero-order valence-corrected chi connectivity index (χ0v) is 40.6. The summed E-state index contributed by atoms with van der Waals surface area (Å²) in [5.41, 5.74) is 0. The van der Waals surface area contributed by atoms with Crippen molar-refractivity contribution < 1.29 is 28.6 Å². The van der Waals surface area contributed by atoms with E-state index in [-0.39, 0.29) is 44.0 Å². The van der Waals surface area contributed by atoms with Crippen molar-refractivity contribution in [2.45, 2.75) is 252 Å². The summed E-state index contributed by atoms with van der Waals surface area (Å²) in [5, 5.41) is 0. The minimum Gasteiger partial charge on any atom is -0.462 e. The quantitative estimate of drug-likeness (QED) is 0.0199. The van der Waals surface area contributed by atoms with Gasteiger partial charge in [-0.15, -0.1) is 0 Å². The number of esters is 3. The molecule has 0 bridgehead atoms. The second kappa shape index (κ2) is 50.5. The van der Waals surface area contributed by atoms with Crippen LogP contribution in [0.5, 0.6) is 0 Å². The lowest BCUT2D eigenvalue weighted by Gasteiger charge is -2.18. The van der Waals surface area contributed by atoms with E-state index in [1.165, 1.54) is 135 Å². The predicted molar refractivity (Wildman–Crippen MR) is 265 cm³/mol. The molecule has 0 radical (unpaired) electrons. The molecule has 0 fully saturated rings. The van der Waals surface area contributed by atoms with Gasteiger partial charge in [0.25, 0.3) is 0 Å². The highest BCUT2D eigenvalue weighted by Gasteiger charge is 2.19. The number of allylic oxidation sites excluding steroid dienone is 12. The third-order valence-corrected chi connectivity index (χ3v) is 11.1. The number of carbonyl (C=O) groups is 3. The third kappa shape index (κ3) is 47.9. The van der Waals surface area contributed by atoms with E-state index in [1.54, 1.807) is 0 Å². The molecule has 1 unspecified atom stereocenters. The maximum Gasteiger partial charge on any atom is 0.306 e. The summed E-state index contributed by atoms with van der Waals surface area (Å²) in [7, 11) is 0. The molecule has 356 valence electrons. The van der Waals surface area contributed by atoms with Crippen LogP contribution < -0.4 is 0 Å². The zero-order valence-electron chi connectivity index (χ0n) is 40.6. The number of ether oxygens (including phenoxy) is 3. The van der Waals surface area contributed by atoms with E-state index in [1.807, 2.05) is 42.5 Å². The largest absolute Gasteiger partial charge is 0.462 e. The van der Waals surface area contributed by atoms with Gasteiger partial charge in [0.2, 0.25) is 0 Å². The van der Waals surface area contributed by atoms with Gasteiger partial charge in [-0.3, -0.25) is 14.4 Å². The van der Waals surface area contributed by atoms with E-state index in [0.717, 1.165) is 57.8 Å². The van der Waals surface area contributed by atoms with E-state index in [0.29, 0.717) is 19.3 Å². The van der Waals surface area contributed by atoms with Gasteiger partial charge in [0.15, 0.2) is 6.10 Å². The Kier molecular flexibility index (Phi) is 47.9. The first-order chi connectivity index (χ1) is 30.5. The van der Waals surface area contributed by atoms with Crippen LogP contribution in [0, 0.1) is 0 Å². The van der Waals surface area contributed by atoms with Gasteiger partial charge in [0.05, 0.1) is 0 Å². The molecule has 0 aliphatic carbocycles. The lowest BCUT2D eigenvalue weighted by molar-refractivity contribution is -0.166. The normalized spacial score (nSPS) is 12.6. The van der Waals surface area contributed by atoms with Crippen LogP contribution in [0.3, 0.4) is 0 Å². The van der Waals surface area contributed by atoms with E-state index < -0.39 is 6.10 Å². The van der Waals surface area contributed by atoms with Crippen molar-refractivity contribution in [1.82, 2.24) is 0 Å². The highest BCUT2D eigenvalue weighted by molar-refractivity contribution is 5.71. The summed E-state index contributed by atoms with van der Waals surface area (Å²) in [6.45, 7) is 6.41. The maximum atomic E-state index is 12.8. The Hall–Kier alpha value is -3.15. The molecule has 0 saturated heterocycles. The summed E-state index contributed by atoms with van der Waals surface area (Å²) in [6.07, 6.45) is 63.3. The molecule has 0 aromatic rings. The van der Waals surface area contributed by atoms with Crippen molar-refractivity contribution >= 4 is 17.9 Å². The molecule has 0 N–H and O–H groups in total. The molecule has 0 heterocycles. The van der Waals surface area contributed by atoms with Crippen LogP contribution >= 0.6 is 0 Å². The monoisotopic (exact) mass is 865 g/mol. The number of carbonyl (C=O) groups excluding carboxylic acids is 3. The van der Waals surface area contributed by atoms with E-state index in [9.17, 15) is 14.4 Å². The summed E-state index contributed by atoms with van der Waals surface area (Å²) in [6, 6.07) is 0. The second-order valence-electron chi connectivity index (χ2n) is 17.1. The van der Waals surface area contributed by atoms with Gasteiger partial charge < -0.3 is 14.2 Å². The Bertz CT molecular complexity index is 1180. The SMILES string of the molecule is CC\C=C/C=C\C=C/C=C\CCCCCC(=O)OC(COC(=O)CC/C=C\C/C=C\CCCCCCCC)COC(=O)CCCCCCCCCCCCCCCCCCCC. The van der Waals surface area contributed by atoms with Crippen LogP contribution in [0.15, 0.2) is 72.9 Å². The molecule has 62 heavy (non-hydrogen) atoms. The van der Waals surface area contributed by atoms with Crippen molar-refractivity contribution in [1.29, 1.82) is 0 Å². The predicted octanol–water partition coefficient (Wildman–Crippen LogP) is 17.0. The van der Waals surface area contributed by atoms with E-state index >= 15 is 0 Å². The minimum absolute atomic E-state index is 0.107. The summed E-state index contributed by atoms with van der Waals surface area (Å²) in [5.74, 6) is -1.01. The topological polar surface area (TPSA) is 78.9 Å².